The second-order valence-electron chi connectivity index (χ2n) is 12.8. The van der Waals surface area contributed by atoms with Crippen molar-refractivity contribution in [2.24, 2.45) is 0 Å². The molecule has 0 saturated carbocycles. The minimum Gasteiger partial charge on any atom is -0.382 e. The Morgan fingerprint density at radius 1 is 0.722 bits per heavy atom. The number of hydrogen-bond donors (Lipinski definition) is 6. The summed E-state index contributed by atoms with van der Waals surface area (Å²) in [6, 6.07) is 19.0. The van der Waals surface area contributed by atoms with Crippen molar-refractivity contribution in [3.8, 4) is 22.5 Å². The number of halogens is 2. The van der Waals surface area contributed by atoms with E-state index >= 15 is 0 Å². The Morgan fingerprint density at radius 2 is 1.20 bits per heavy atom. The van der Waals surface area contributed by atoms with E-state index in [1.54, 1.807) is 60.5 Å². The van der Waals surface area contributed by atoms with E-state index in [0.717, 1.165) is 13.1 Å². The second kappa shape index (κ2) is 15.0. The summed E-state index contributed by atoms with van der Waals surface area (Å²) in [5.41, 5.74) is 15.8. The van der Waals surface area contributed by atoms with Gasteiger partial charge >= 0.3 is 6.03 Å². The van der Waals surface area contributed by atoms with Gasteiger partial charge in [-0.05, 0) is 48.5 Å². The molecular weight excluding hydrogens is 696 g/mol. The van der Waals surface area contributed by atoms with Crippen molar-refractivity contribution in [1.29, 1.82) is 0 Å². The number of nitrogens with zero attached hydrogens (tertiary/aromatic N) is 5. The Morgan fingerprint density at radius 3 is 1.63 bits per heavy atom. The van der Waals surface area contributed by atoms with Gasteiger partial charge in [-0.2, -0.15) is 0 Å². The quantitative estimate of drug-likeness (QED) is 0.147. The van der Waals surface area contributed by atoms with Gasteiger partial charge in [-0.3, -0.25) is 9.59 Å². The fourth-order valence-electron chi connectivity index (χ4n) is 6.06. The van der Waals surface area contributed by atoms with Crippen molar-refractivity contribution in [2.75, 3.05) is 44.7 Å². The van der Waals surface area contributed by atoms with Crippen LogP contribution in [0.4, 0.5) is 25.2 Å². The summed E-state index contributed by atoms with van der Waals surface area (Å²) in [5.74, 6) is -0.810. The lowest BCUT2D eigenvalue weighted by molar-refractivity contribution is 0.0856. The summed E-state index contributed by atoms with van der Waals surface area (Å²) >= 11 is 0. The standard InChI is InChI=1S/C20H19FN6O2.C18H16FN5O/c1-23-20(29)27-9-13(10-27)25-19(28)15-8-24-18(22)17-14(15)5-6-16(26-17)11-3-2-4-12(21)7-11;19-11-3-1-2-10(6-11)15-5-4-13-14(9-22-17(20)16(13)24-15)18(25)23-12-7-21-8-12/h2-8,13H,9-10H2,1H3,(H2,22,24)(H,23,29)(H,25,28);1-6,9,12,21H,7-8H2,(H2,20,22)(H,23,25). The zero-order chi connectivity index (χ0) is 37.9. The van der Waals surface area contributed by atoms with E-state index in [9.17, 15) is 23.2 Å². The van der Waals surface area contributed by atoms with Crippen LogP contribution in [0.25, 0.3) is 44.3 Å². The SMILES string of the molecule is CNC(=O)N1CC(NC(=O)c2cnc(N)c3nc(-c4cccc(F)c4)ccc23)C1.Nc1ncc(C(=O)NC2CNC2)c2ccc(-c3cccc(F)c3)nc12. The fourth-order valence-corrected chi connectivity index (χ4v) is 6.06. The number of fused-ring (bicyclic) bond motifs is 2. The number of amides is 4. The maximum Gasteiger partial charge on any atom is 0.317 e. The number of urea groups is 1. The number of nitrogens with one attached hydrogen (secondary N) is 4. The summed E-state index contributed by atoms with van der Waals surface area (Å²) in [5, 5.41) is 12.6. The number of benzene rings is 2. The summed E-state index contributed by atoms with van der Waals surface area (Å²) in [7, 11) is 1.56. The van der Waals surface area contributed by atoms with Crippen molar-refractivity contribution in [3.05, 3.63) is 108 Å². The van der Waals surface area contributed by atoms with E-state index in [1.807, 2.05) is 0 Å². The smallest absolute Gasteiger partial charge is 0.317 e. The predicted molar refractivity (Wildman–Crippen MR) is 200 cm³/mol. The molecule has 54 heavy (non-hydrogen) atoms. The summed E-state index contributed by atoms with van der Waals surface area (Å²) in [4.78, 5) is 55.5. The molecule has 2 aromatic carbocycles. The van der Waals surface area contributed by atoms with E-state index in [2.05, 4.69) is 41.2 Å². The molecule has 16 heteroatoms. The van der Waals surface area contributed by atoms with Crippen LogP contribution >= 0.6 is 0 Å². The van der Waals surface area contributed by atoms with E-state index in [-0.39, 0.29) is 53.2 Å². The van der Waals surface area contributed by atoms with Crippen molar-refractivity contribution < 1.29 is 23.2 Å². The van der Waals surface area contributed by atoms with Gasteiger partial charge in [0, 0.05) is 67.5 Å². The minimum absolute atomic E-state index is 0.125. The number of pyridine rings is 4. The second-order valence-corrected chi connectivity index (χ2v) is 12.8. The number of nitrogens with two attached hydrogens (primary N) is 2. The molecule has 2 saturated heterocycles. The highest BCUT2D eigenvalue weighted by Crippen LogP contribution is 2.28. The van der Waals surface area contributed by atoms with E-state index in [0.29, 0.717) is 68.5 Å². The maximum atomic E-state index is 13.5. The molecule has 8 N–H and O–H groups in total. The largest absolute Gasteiger partial charge is 0.382 e. The molecule has 0 spiro atoms. The van der Waals surface area contributed by atoms with Crippen LogP contribution in [0.2, 0.25) is 0 Å². The predicted octanol–water partition coefficient (Wildman–Crippen LogP) is 3.49. The third kappa shape index (κ3) is 7.40. The third-order valence-electron chi connectivity index (χ3n) is 9.09. The van der Waals surface area contributed by atoms with Gasteiger partial charge in [-0.15, -0.1) is 0 Å². The average Bonchev–Trinajstić information content (AvgIpc) is 3.14. The molecule has 2 aliphatic rings. The van der Waals surface area contributed by atoms with Gasteiger partial charge in [0.15, 0.2) is 0 Å². The molecule has 4 amide bonds. The van der Waals surface area contributed by atoms with E-state index in [1.165, 1.54) is 36.7 Å². The van der Waals surface area contributed by atoms with Crippen molar-refractivity contribution in [3.63, 3.8) is 0 Å². The third-order valence-corrected chi connectivity index (χ3v) is 9.09. The van der Waals surface area contributed by atoms with E-state index in [4.69, 9.17) is 11.5 Å². The fraction of sp³-hybridized carbons (Fsp3) is 0.184. The molecule has 14 nitrogen and oxygen atoms in total. The normalized spacial score (nSPS) is 14.0. The molecule has 0 atom stereocenters. The minimum atomic E-state index is -0.366. The lowest BCUT2D eigenvalue weighted by atomic mass is 10.1. The van der Waals surface area contributed by atoms with Gasteiger partial charge in [-0.1, -0.05) is 24.3 Å². The topological polar surface area (TPSA) is 206 Å². The maximum absolute atomic E-state index is 13.5. The van der Waals surface area contributed by atoms with Gasteiger partial charge in [0.05, 0.1) is 34.6 Å². The molecule has 274 valence electrons. The molecule has 2 fully saturated rings. The number of carbonyl (C=O) groups excluding carboxylic acids is 3. The number of carbonyl (C=O) groups is 3. The van der Waals surface area contributed by atoms with Gasteiger partial charge < -0.3 is 37.6 Å². The molecular formula is C38H35F2N11O3. The monoisotopic (exact) mass is 731 g/mol. The van der Waals surface area contributed by atoms with Crippen LogP contribution < -0.4 is 32.7 Å². The van der Waals surface area contributed by atoms with Crippen LogP contribution in [0.1, 0.15) is 20.7 Å². The number of rotatable bonds is 6. The number of likely N-dealkylation sites (tertiary alicyclic amines) is 1. The summed E-state index contributed by atoms with van der Waals surface area (Å²) in [6.45, 7) is 2.39. The first-order chi connectivity index (χ1) is 26.1. The lowest BCUT2D eigenvalue weighted by Gasteiger charge is -2.39. The van der Waals surface area contributed by atoms with Crippen molar-refractivity contribution in [2.45, 2.75) is 12.1 Å². The molecule has 6 aromatic rings. The first-order valence-corrected chi connectivity index (χ1v) is 17.0. The molecule has 0 aliphatic carbocycles. The van der Waals surface area contributed by atoms with Crippen molar-refractivity contribution >= 4 is 51.3 Å². The zero-order valence-electron chi connectivity index (χ0n) is 28.9. The van der Waals surface area contributed by atoms with Crippen LogP contribution in [0.15, 0.2) is 85.2 Å². The van der Waals surface area contributed by atoms with Gasteiger partial charge in [0.2, 0.25) is 0 Å². The van der Waals surface area contributed by atoms with E-state index < -0.39 is 0 Å². The Bertz CT molecular complexity index is 2420. The molecule has 0 bridgehead atoms. The molecule has 0 radical (unpaired) electrons. The number of aromatic nitrogens is 4. The average molecular weight is 732 g/mol. The molecule has 2 aliphatic heterocycles. The van der Waals surface area contributed by atoms with Crippen LogP contribution in [0.3, 0.4) is 0 Å². The Balaban J connectivity index is 0.000000168. The molecule has 6 heterocycles. The van der Waals surface area contributed by atoms with Gasteiger partial charge in [0.25, 0.3) is 11.8 Å². The Kier molecular flexibility index (Phi) is 9.91. The van der Waals surface area contributed by atoms with Crippen LogP contribution in [-0.4, -0.2) is 88.0 Å². The highest BCUT2D eigenvalue weighted by atomic mass is 19.1. The number of anilines is 2. The van der Waals surface area contributed by atoms with Crippen LogP contribution in [-0.2, 0) is 0 Å². The Hall–Kier alpha value is -6.81. The van der Waals surface area contributed by atoms with Crippen LogP contribution in [0.5, 0.6) is 0 Å². The van der Waals surface area contributed by atoms with Gasteiger partial charge in [-0.25, -0.2) is 33.5 Å². The highest BCUT2D eigenvalue weighted by Gasteiger charge is 2.32. The highest BCUT2D eigenvalue weighted by molar-refractivity contribution is 6.09. The lowest BCUT2D eigenvalue weighted by Crippen LogP contribution is -2.62. The number of hydrogen-bond acceptors (Lipinski definition) is 10. The first-order valence-electron chi connectivity index (χ1n) is 17.0. The molecule has 8 rings (SSSR count). The molecule has 0 unspecified atom stereocenters. The van der Waals surface area contributed by atoms with Crippen LogP contribution in [0, 0.1) is 11.6 Å². The zero-order valence-corrected chi connectivity index (χ0v) is 28.9. The van der Waals surface area contributed by atoms with Crippen molar-refractivity contribution in [1.82, 2.24) is 46.1 Å². The summed E-state index contributed by atoms with van der Waals surface area (Å²) in [6.07, 6.45) is 2.87. The van der Waals surface area contributed by atoms with Gasteiger partial charge in [0.1, 0.15) is 34.3 Å². The molecule has 4 aromatic heterocycles. The Labute approximate surface area is 307 Å². The number of nitrogen functional groups attached to an aromatic ring is 2. The first kappa shape index (κ1) is 35.6. The summed E-state index contributed by atoms with van der Waals surface area (Å²) < 4.78 is 27.0.